The summed E-state index contributed by atoms with van der Waals surface area (Å²) in [5, 5.41) is 2.60. The Hall–Kier alpha value is -2.28. The van der Waals surface area contributed by atoms with E-state index in [1.807, 2.05) is 11.4 Å². The van der Waals surface area contributed by atoms with E-state index in [-0.39, 0.29) is 12.4 Å². The van der Waals surface area contributed by atoms with Crippen molar-refractivity contribution in [3.05, 3.63) is 47.1 Å². The van der Waals surface area contributed by atoms with Crippen molar-refractivity contribution in [2.75, 3.05) is 5.73 Å². The summed E-state index contributed by atoms with van der Waals surface area (Å²) in [6.45, 7) is -0.157. The van der Waals surface area contributed by atoms with Gasteiger partial charge in [0.2, 0.25) is 0 Å². The van der Waals surface area contributed by atoms with Crippen LogP contribution in [0.2, 0.25) is 0 Å². The number of halogens is 2. The maximum absolute atomic E-state index is 13.4. The number of thiophene rings is 1. The minimum absolute atomic E-state index is 0.157. The quantitative estimate of drug-likeness (QED) is 0.806. The number of anilines is 1. The second-order valence-corrected chi connectivity index (χ2v) is 4.90. The van der Waals surface area contributed by atoms with Crippen LogP contribution in [-0.4, -0.2) is 9.97 Å². The second-order valence-electron chi connectivity index (χ2n) is 4.00. The van der Waals surface area contributed by atoms with E-state index in [0.717, 1.165) is 17.5 Å². The number of nitrogens with zero attached hydrogens (tertiary/aromatic N) is 2. The topological polar surface area (TPSA) is 61.0 Å². The zero-order valence-electron chi connectivity index (χ0n) is 10.1. The van der Waals surface area contributed by atoms with E-state index in [9.17, 15) is 8.78 Å². The Morgan fingerprint density at radius 2 is 1.90 bits per heavy atom. The lowest BCUT2D eigenvalue weighted by molar-refractivity contribution is 0.266. The number of aromatic nitrogens is 2. The van der Waals surface area contributed by atoms with Gasteiger partial charge in [-0.25, -0.2) is 18.7 Å². The zero-order valence-corrected chi connectivity index (χ0v) is 11.0. The van der Waals surface area contributed by atoms with Gasteiger partial charge >= 0.3 is 0 Å². The number of fused-ring (bicyclic) bond motifs is 1. The van der Waals surface area contributed by atoms with Crippen LogP contribution < -0.4 is 10.5 Å². The summed E-state index contributed by atoms with van der Waals surface area (Å²) in [6, 6.07) is 5.33. The minimum Gasteiger partial charge on any atom is -0.479 e. The molecule has 0 saturated carbocycles. The van der Waals surface area contributed by atoms with Crippen LogP contribution in [0.4, 0.5) is 14.6 Å². The first-order valence-corrected chi connectivity index (χ1v) is 6.59. The van der Waals surface area contributed by atoms with Crippen LogP contribution >= 0.6 is 11.3 Å². The molecule has 0 radical (unpaired) electrons. The molecule has 0 unspecified atom stereocenters. The minimum atomic E-state index is -0.768. The predicted octanol–water partition coefficient (Wildman–Crippen LogP) is 3.13. The van der Waals surface area contributed by atoms with Crippen molar-refractivity contribution in [1.29, 1.82) is 0 Å². The average Bonchev–Trinajstić information content (AvgIpc) is 2.87. The molecule has 0 bridgehead atoms. The summed E-state index contributed by atoms with van der Waals surface area (Å²) in [5.41, 5.74) is 5.78. The van der Waals surface area contributed by atoms with Gasteiger partial charge in [0.1, 0.15) is 17.3 Å². The van der Waals surface area contributed by atoms with Crippen LogP contribution in [0, 0.1) is 11.6 Å². The van der Waals surface area contributed by atoms with Crippen LogP contribution in [0.25, 0.3) is 10.2 Å². The van der Waals surface area contributed by atoms with Gasteiger partial charge in [-0.1, -0.05) is 6.07 Å². The first kappa shape index (κ1) is 12.7. The SMILES string of the molecule is Nc1nc(COc2c(F)cccc2F)nc2sccc12. The maximum Gasteiger partial charge on any atom is 0.191 e. The van der Waals surface area contributed by atoms with E-state index >= 15 is 0 Å². The van der Waals surface area contributed by atoms with Crippen molar-refractivity contribution >= 4 is 27.4 Å². The third kappa shape index (κ3) is 2.27. The van der Waals surface area contributed by atoms with Crippen LogP contribution in [-0.2, 0) is 6.61 Å². The van der Waals surface area contributed by atoms with E-state index in [0.29, 0.717) is 10.6 Å². The Balaban J connectivity index is 1.87. The van der Waals surface area contributed by atoms with E-state index in [1.54, 1.807) is 0 Å². The summed E-state index contributed by atoms with van der Waals surface area (Å²) >= 11 is 1.41. The molecule has 2 N–H and O–H groups in total. The number of ether oxygens (including phenoxy) is 1. The third-order valence-corrected chi connectivity index (χ3v) is 3.47. The van der Waals surface area contributed by atoms with Crippen molar-refractivity contribution in [2.45, 2.75) is 6.61 Å². The maximum atomic E-state index is 13.4. The molecule has 2 aromatic heterocycles. The molecule has 20 heavy (non-hydrogen) atoms. The van der Waals surface area contributed by atoms with Gasteiger partial charge in [0.25, 0.3) is 0 Å². The smallest absolute Gasteiger partial charge is 0.191 e. The molecular weight excluding hydrogens is 284 g/mol. The van der Waals surface area contributed by atoms with Gasteiger partial charge in [0.05, 0.1) is 5.39 Å². The summed E-state index contributed by atoms with van der Waals surface area (Å²) in [6.07, 6.45) is 0. The highest BCUT2D eigenvalue weighted by Gasteiger charge is 2.12. The highest BCUT2D eigenvalue weighted by atomic mass is 32.1. The fourth-order valence-electron chi connectivity index (χ4n) is 1.75. The van der Waals surface area contributed by atoms with E-state index < -0.39 is 17.4 Å². The molecule has 0 aliphatic heterocycles. The summed E-state index contributed by atoms with van der Waals surface area (Å²) < 4.78 is 31.9. The molecule has 0 atom stereocenters. The Kier molecular flexibility index (Phi) is 3.19. The number of hydrogen-bond donors (Lipinski definition) is 1. The molecule has 0 fully saturated rings. The summed E-state index contributed by atoms with van der Waals surface area (Å²) in [5.74, 6) is -1.38. The lowest BCUT2D eigenvalue weighted by Gasteiger charge is -2.07. The van der Waals surface area contributed by atoms with E-state index in [4.69, 9.17) is 10.5 Å². The third-order valence-electron chi connectivity index (χ3n) is 2.67. The van der Waals surface area contributed by atoms with Crippen molar-refractivity contribution in [3.8, 4) is 5.75 Å². The summed E-state index contributed by atoms with van der Waals surface area (Å²) in [4.78, 5) is 8.99. The molecule has 102 valence electrons. The standard InChI is InChI=1S/C13H9F2N3OS/c14-8-2-1-3-9(15)11(8)19-6-10-17-12(16)7-4-5-20-13(7)18-10/h1-5H,6H2,(H2,16,17,18). The van der Waals surface area contributed by atoms with Crippen LogP contribution in [0.1, 0.15) is 5.82 Å². The molecule has 3 aromatic rings. The fraction of sp³-hybridized carbons (Fsp3) is 0.0769. The molecule has 0 saturated heterocycles. The van der Waals surface area contributed by atoms with Gasteiger partial charge in [-0.3, -0.25) is 0 Å². The first-order valence-electron chi connectivity index (χ1n) is 5.71. The molecule has 2 heterocycles. The number of benzene rings is 1. The van der Waals surface area contributed by atoms with Crippen molar-refractivity contribution in [1.82, 2.24) is 9.97 Å². The lowest BCUT2D eigenvalue weighted by Crippen LogP contribution is -2.05. The van der Waals surface area contributed by atoms with Crippen LogP contribution in [0.15, 0.2) is 29.6 Å². The number of para-hydroxylation sites is 1. The largest absolute Gasteiger partial charge is 0.479 e. The molecule has 0 spiro atoms. The predicted molar refractivity (Wildman–Crippen MR) is 72.5 cm³/mol. The Morgan fingerprint density at radius 1 is 1.15 bits per heavy atom. The van der Waals surface area contributed by atoms with Crippen LogP contribution in [0.3, 0.4) is 0 Å². The van der Waals surface area contributed by atoms with Crippen molar-refractivity contribution in [2.24, 2.45) is 0 Å². The highest BCUT2D eigenvalue weighted by Crippen LogP contribution is 2.24. The summed E-state index contributed by atoms with van der Waals surface area (Å²) in [7, 11) is 0. The van der Waals surface area contributed by atoms with E-state index in [1.165, 1.54) is 17.4 Å². The lowest BCUT2D eigenvalue weighted by atomic mass is 10.3. The Labute approximate surface area is 116 Å². The molecule has 4 nitrogen and oxygen atoms in total. The molecule has 0 amide bonds. The van der Waals surface area contributed by atoms with Crippen LogP contribution in [0.5, 0.6) is 5.75 Å². The zero-order chi connectivity index (χ0) is 14.1. The van der Waals surface area contributed by atoms with Gasteiger partial charge in [-0.15, -0.1) is 11.3 Å². The van der Waals surface area contributed by atoms with Crippen molar-refractivity contribution in [3.63, 3.8) is 0 Å². The van der Waals surface area contributed by atoms with E-state index in [2.05, 4.69) is 9.97 Å². The monoisotopic (exact) mass is 293 g/mol. The average molecular weight is 293 g/mol. The van der Waals surface area contributed by atoms with Gasteiger partial charge < -0.3 is 10.5 Å². The number of rotatable bonds is 3. The number of nitrogens with two attached hydrogens (primary N) is 1. The molecule has 3 rings (SSSR count). The van der Waals surface area contributed by atoms with Gasteiger partial charge in [-0.2, -0.15) is 0 Å². The normalized spacial score (nSPS) is 10.9. The van der Waals surface area contributed by atoms with Gasteiger partial charge in [0.15, 0.2) is 23.2 Å². The Bertz CT molecular complexity index is 755. The first-order chi connectivity index (χ1) is 9.65. The molecular formula is C13H9F2N3OS. The van der Waals surface area contributed by atoms with Gasteiger partial charge in [0, 0.05) is 0 Å². The highest BCUT2D eigenvalue weighted by molar-refractivity contribution is 7.16. The molecule has 0 aliphatic rings. The molecule has 7 heteroatoms. The fourth-order valence-corrected chi connectivity index (χ4v) is 2.54. The Morgan fingerprint density at radius 3 is 2.65 bits per heavy atom. The van der Waals surface area contributed by atoms with Gasteiger partial charge in [-0.05, 0) is 23.6 Å². The number of nitrogen functional groups attached to an aromatic ring is 1. The second kappa shape index (κ2) is 5.01. The number of hydrogen-bond acceptors (Lipinski definition) is 5. The van der Waals surface area contributed by atoms with Crippen molar-refractivity contribution < 1.29 is 13.5 Å². The molecule has 1 aromatic carbocycles. The molecule has 0 aliphatic carbocycles.